The van der Waals surface area contributed by atoms with Crippen molar-refractivity contribution < 1.29 is 19.0 Å². The first kappa shape index (κ1) is 12.0. The summed E-state index contributed by atoms with van der Waals surface area (Å²) >= 11 is 0. The van der Waals surface area contributed by atoms with Crippen LogP contribution in [0.15, 0.2) is 12.1 Å². The molecule has 1 aliphatic heterocycles. The first-order valence-corrected chi connectivity index (χ1v) is 5.70. The molecule has 1 saturated heterocycles. The second kappa shape index (κ2) is 4.84. The summed E-state index contributed by atoms with van der Waals surface area (Å²) in [4.78, 5) is 10.9. The van der Waals surface area contributed by atoms with Crippen molar-refractivity contribution in [2.24, 2.45) is 0 Å². The molecule has 2 rings (SSSR count). The van der Waals surface area contributed by atoms with Crippen molar-refractivity contribution in [2.75, 3.05) is 13.2 Å². The molecule has 0 amide bonds. The van der Waals surface area contributed by atoms with Crippen LogP contribution >= 0.6 is 0 Å². The van der Waals surface area contributed by atoms with Crippen molar-refractivity contribution in [1.29, 1.82) is 0 Å². The van der Waals surface area contributed by atoms with E-state index in [2.05, 4.69) is 0 Å². The minimum atomic E-state index is -1.21. The largest absolute Gasteiger partial charge is 0.478 e. The Labute approximate surface area is 99.2 Å². The van der Waals surface area contributed by atoms with Gasteiger partial charge in [-0.2, -0.15) is 0 Å². The number of carboxylic acid groups (broad SMARTS) is 1. The van der Waals surface area contributed by atoms with E-state index < -0.39 is 11.8 Å². The van der Waals surface area contributed by atoms with Crippen LogP contribution in [0.5, 0.6) is 0 Å². The normalized spacial score (nSPS) is 17.1. The van der Waals surface area contributed by atoms with Crippen LogP contribution in [0.4, 0.5) is 4.39 Å². The lowest BCUT2D eigenvalue weighted by atomic mass is 9.87. The average molecular weight is 238 g/mol. The van der Waals surface area contributed by atoms with Gasteiger partial charge in [-0.05, 0) is 48.9 Å². The van der Waals surface area contributed by atoms with Gasteiger partial charge in [0.05, 0.1) is 5.56 Å². The number of carboxylic acids is 1. The Hall–Kier alpha value is -1.42. The molecular formula is C13H15FO3. The minimum Gasteiger partial charge on any atom is -0.478 e. The zero-order chi connectivity index (χ0) is 12.4. The van der Waals surface area contributed by atoms with Gasteiger partial charge in [-0.1, -0.05) is 0 Å². The summed E-state index contributed by atoms with van der Waals surface area (Å²) in [6.07, 6.45) is 1.73. The highest BCUT2D eigenvalue weighted by atomic mass is 19.1. The molecule has 0 spiro atoms. The van der Waals surface area contributed by atoms with Crippen molar-refractivity contribution in [3.05, 3.63) is 34.6 Å². The number of rotatable bonds is 2. The minimum absolute atomic E-state index is 0.239. The summed E-state index contributed by atoms with van der Waals surface area (Å²) in [5.41, 5.74) is 1.52. The van der Waals surface area contributed by atoms with E-state index in [1.54, 1.807) is 0 Å². The molecule has 0 saturated carbocycles. The Morgan fingerprint density at radius 2 is 2.06 bits per heavy atom. The summed E-state index contributed by atoms with van der Waals surface area (Å²) in [5, 5.41) is 8.91. The molecule has 1 aromatic rings. The van der Waals surface area contributed by atoms with Gasteiger partial charge >= 0.3 is 5.97 Å². The summed E-state index contributed by atoms with van der Waals surface area (Å²) in [6, 6.07) is 2.79. The Balaban J connectivity index is 2.38. The average Bonchev–Trinajstić information content (AvgIpc) is 2.29. The van der Waals surface area contributed by atoms with Gasteiger partial charge in [0.25, 0.3) is 0 Å². The summed E-state index contributed by atoms with van der Waals surface area (Å²) in [7, 11) is 0. The molecule has 1 N–H and O–H groups in total. The molecule has 92 valence electrons. The van der Waals surface area contributed by atoms with E-state index in [1.807, 2.05) is 6.92 Å². The molecule has 1 heterocycles. The van der Waals surface area contributed by atoms with Crippen molar-refractivity contribution in [3.63, 3.8) is 0 Å². The predicted molar refractivity (Wildman–Crippen MR) is 60.9 cm³/mol. The maximum absolute atomic E-state index is 13.4. The van der Waals surface area contributed by atoms with Crippen LogP contribution < -0.4 is 0 Å². The predicted octanol–water partition coefficient (Wildman–Crippen LogP) is 2.73. The molecule has 17 heavy (non-hydrogen) atoms. The van der Waals surface area contributed by atoms with Gasteiger partial charge in [0.15, 0.2) is 0 Å². The SMILES string of the molecule is Cc1cc(F)c(C(=O)O)cc1C1CCOCC1. The molecule has 0 bridgehead atoms. The van der Waals surface area contributed by atoms with Gasteiger partial charge in [-0.3, -0.25) is 0 Å². The molecule has 3 nitrogen and oxygen atoms in total. The van der Waals surface area contributed by atoms with Gasteiger partial charge in [0.1, 0.15) is 5.82 Å². The third-order valence-corrected chi connectivity index (χ3v) is 3.25. The number of aromatic carboxylic acids is 1. The fourth-order valence-electron chi connectivity index (χ4n) is 2.30. The molecule has 0 aliphatic carbocycles. The van der Waals surface area contributed by atoms with Crippen LogP contribution in [-0.4, -0.2) is 24.3 Å². The lowest BCUT2D eigenvalue weighted by Crippen LogP contribution is -2.16. The van der Waals surface area contributed by atoms with Crippen LogP contribution in [0, 0.1) is 12.7 Å². The topological polar surface area (TPSA) is 46.5 Å². The van der Waals surface area contributed by atoms with Crippen LogP contribution in [0.25, 0.3) is 0 Å². The molecule has 4 heteroatoms. The van der Waals surface area contributed by atoms with Crippen molar-refractivity contribution in [2.45, 2.75) is 25.7 Å². The monoisotopic (exact) mass is 238 g/mol. The van der Waals surface area contributed by atoms with E-state index in [0.29, 0.717) is 13.2 Å². The smallest absolute Gasteiger partial charge is 0.338 e. The van der Waals surface area contributed by atoms with Crippen LogP contribution in [0.1, 0.15) is 40.2 Å². The fraction of sp³-hybridized carbons (Fsp3) is 0.462. The number of carbonyl (C=O) groups is 1. The number of halogens is 1. The van der Waals surface area contributed by atoms with Crippen LogP contribution in [-0.2, 0) is 4.74 Å². The van der Waals surface area contributed by atoms with Gasteiger partial charge in [0.2, 0.25) is 0 Å². The third kappa shape index (κ3) is 2.47. The van der Waals surface area contributed by atoms with Gasteiger partial charge < -0.3 is 9.84 Å². The molecule has 0 atom stereocenters. The van der Waals surface area contributed by atoms with E-state index in [1.165, 1.54) is 12.1 Å². The third-order valence-electron chi connectivity index (χ3n) is 3.25. The van der Waals surface area contributed by atoms with E-state index in [0.717, 1.165) is 24.0 Å². The quantitative estimate of drug-likeness (QED) is 0.861. The highest BCUT2D eigenvalue weighted by molar-refractivity contribution is 5.88. The van der Waals surface area contributed by atoms with E-state index in [9.17, 15) is 9.18 Å². The standard InChI is InChI=1S/C13H15FO3/c1-8-6-12(14)11(13(15)16)7-10(8)9-2-4-17-5-3-9/h6-7,9H,2-5H2,1H3,(H,15,16). The van der Waals surface area contributed by atoms with E-state index in [4.69, 9.17) is 9.84 Å². The lowest BCUT2D eigenvalue weighted by molar-refractivity contribution is 0.0691. The highest BCUT2D eigenvalue weighted by Gasteiger charge is 2.21. The second-order valence-electron chi connectivity index (χ2n) is 4.38. The lowest BCUT2D eigenvalue weighted by Gasteiger charge is -2.24. The van der Waals surface area contributed by atoms with E-state index in [-0.39, 0.29) is 11.5 Å². The second-order valence-corrected chi connectivity index (χ2v) is 4.38. The van der Waals surface area contributed by atoms with Gasteiger partial charge in [0, 0.05) is 13.2 Å². The summed E-state index contributed by atoms with van der Waals surface area (Å²) in [6.45, 7) is 3.19. The maximum Gasteiger partial charge on any atom is 0.338 e. The van der Waals surface area contributed by atoms with Crippen molar-refractivity contribution in [1.82, 2.24) is 0 Å². The first-order valence-electron chi connectivity index (χ1n) is 5.70. The zero-order valence-electron chi connectivity index (χ0n) is 9.70. The molecular weight excluding hydrogens is 223 g/mol. The highest BCUT2D eigenvalue weighted by Crippen LogP contribution is 2.30. The fourth-order valence-corrected chi connectivity index (χ4v) is 2.30. The Morgan fingerprint density at radius 3 is 2.65 bits per heavy atom. The zero-order valence-corrected chi connectivity index (χ0v) is 9.70. The van der Waals surface area contributed by atoms with Crippen molar-refractivity contribution in [3.8, 4) is 0 Å². The number of hydrogen-bond donors (Lipinski definition) is 1. The van der Waals surface area contributed by atoms with Gasteiger partial charge in [-0.25, -0.2) is 9.18 Å². The Bertz CT molecular complexity index is 437. The number of ether oxygens (including phenoxy) is 1. The number of aryl methyl sites for hydroxylation is 1. The summed E-state index contributed by atoms with van der Waals surface area (Å²) in [5.74, 6) is -1.59. The molecule has 0 aromatic heterocycles. The van der Waals surface area contributed by atoms with E-state index >= 15 is 0 Å². The molecule has 0 unspecified atom stereocenters. The molecule has 1 aliphatic rings. The molecule has 1 aromatic carbocycles. The number of benzene rings is 1. The van der Waals surface area contributed by atoms with Crippen LogP contribution in [0.2, 0.25) is 0 Å². The Kier molecular flexibility index (Phi) is 3.43. The maximum atomic E-state index is 13.4. The Morgan fingerprint density at radius 1 is 1.41 bits per heavy atom. The van der Waals surface area contributed by atoms with Crippen LogP contribution in [0.3, 0.4) is 0 Å². The van der Waals surface area contributed by atoms with Gasteiger partial charge in [-0.15, -0.1) is 0 Å². The number of hydrogen-bond acceptors (Lipinski definition) is 2. The first-order chi connectivity index (χ1) is 8.09. The molecule has 0 radical (unpaired) electrons. The summed E-state index contributed by atoms with van der Waals surface area (Å²) < 4.78 is 18.7. The van der Waals surface area contributed by atoms with Crippen molar-refractivity contribution >= 4 is 5.97 Å². The molecule has 1 fully saturated rings.